The summed E-state index contributed by atoms with van der Waals surface area (Å²) < 4.78 is 12.7. The largest absolute Gasteiger partial charge is 0.396 e. The Hall–Kier alpha value is -1.49. The zero-order chi connectivity index (χ0) is 11.8. The maximum absolute atomic E-state index is 12.7. The molecule has 1 amide bonds. The van der Waals surface area contributed by atoms with Crippen LogP contribution in [0.2, 0.25) is 0 Å². The van der Waals surface area contributed by atoms with Crippen molar-refractivity contribution in [1.29, 1.82) is 0 Å². The summed E-state index contributed by atoms with van der Waals surface area (Å²) in [5.41, 5.74) is 0.0853. The van der Waals surface area contributed by atoms with Crippen LogP contribution >= 0.6 is 0 Å². The molecule has 0 aliphatic carbocycles. The van der Waals surface area contributed by atoms with Crippen LogP contribution in [-0.4, -0.2) is 29.1 Å². The molecule has 16 heavy (non-hydrogen) atoms. The summed E-state index contributed by atoms with van der Waals surface area (Å²) >= 11 is 0. The molecule has 0 aliphatic heterocycles. The number of carbonyl (C=O) groups excluding carboxylic acids is 1. The van der Waals surface area contributed by atoms with E-state index >= 15 is 0 Å². The number of amides is 1. The molecule has 0 saturated heterocycles. The van der Waals surface area contributed by atoms with Crippen molar-refractivity contribution < 1.29 is 14.3 Å². The Morgan fingerprint density at radius 3 is 2.88 bits per heavy atom. The molecular formula is C11H15FN2O2. The first-order chi connectivity index (χ1) is 7.74. The van der Waals surface area contributed by atoms with Crippen LogP contribution in [0.15, 0.2) is 18.2 Å². The van der Waals surface area contributed by atoms with Crippen LogP contribution in [0.5, 0.6) is 0 Å². The SMILES string of the molecule is O=C(NCCCCCO)c1cccc(F)n1. The summed E-state index contributed by atoms with van der Waals surface area (Å²) in [5, 5.41) is 11.2. The topological polar surface area (TPSA) is 62.2 Å². The first-order valence-corrected chi connectivity index (χ1v) is 5.25. The molecule has 0 unspecified atom stereocenters. The zero-order valence-corrected chi connectivity index (χ0v) is 8.95. The maximum Gasteiger partial charge on any atom is 0.269 e. The Bertz CT molecular complexity index is 345. The highest BCUT2D eigenvalue weighted by Crippen LogP contribution is 1.98. The van der Waals surface area contributed by atoms with Crippen LogP contribution in [0.3, 0.4) is 0 Å². The fourth-order valence-corrected chi connectivity index (χ4v) is 1.24. The molecule has 0 bridgehead atoms. The normalized spacial score (nSPS) is 10.1. The quantitative estimate of drug-likeness (QED) is 0.564. The minimum Gasteiger partial charge on any atom is -0.396 e. The Morgan fingerprint density at radius 2 is 2.19 bits per heavy atom. The van der Waals surface area contributed by atoms with E-state index in [4.69, 9.17) is 5.11 Å². The molecule has 88 valence electrons. The van der Waals surface area contributed by atoms with Crippen LogP contribution < -0.4 is 5.32 Å². The van der Waals surface area contributed by atoms with Crippen molar-refractivity contribution in [3.8, 4) is 0 Å². The number of rotatable bonds is 6. The second-order valence-corrected chi connectivity index (χ2v) is 3.39. The highest BCUT2D eigenvalue weighted by Gasteiger charge is 2.06. The highest BCUT2D eigenvalue weighted by atomic mass is 19.1. The molecule has 1 rings (SSSR count). The van der Waals surface area contributed by atoms with Crippen LogP contribution in [-0.2, 0) is 0 Å². The third kappa shape index (κ3) is 4.35. The monoisotopic (exact) mass is 226 g/mol. The molecule has 0 fully saturated rings. The minimum atomic E-state index is -0.659. The molecule has 1 aromatic rings. The van der Waals surface area contributed by atoms with E-state index in [1.165, 1.54) is 18.2 Å². The Labute approximate surface area is 93.5 Å². The molecule has 4 nitrogen and oxygen atoms in total. The number of carbonyl (C=O) groups is 1. The Morgan fingerprint density at radius 1 is 1.38 bits per heavy atom. The summed E-state index contributed by atoms with van der Waals surface area (Å²) in [6.07, 6.45) is 2.38. The van der Waals surface area contributed by atoms with Gasteiger partial charge in [-0.05, 0) is 31.4 Å². The molecule has 0 saturated carbocycles. The molecule has 1 aromatic heterocycles. The number of unbranched alkanes of at least 4 members (excludes halogenated alkanes) is 2. The molecule has 0 spiro atoms. The van der Waals surface area contributed by atoms with E-state index < -0.39 is 5.95 Å². The van der Waals surface area contributed by atoms with Crippen LogP contribution in [0.25, 0.3) is 0 Å². The third-order valence-electron chi connectivity index (χ3n) is 2.07. The lowest BCUT2D eigenvalue weighted by Gasteiger charge is -2.03. The van der Waals surface area contributed by atoms with Crippen LogP contribution in [0.1, 0.15) is 29.8 Å². The number of halogens is 1. The lowest BCUT2D eigenvalue weighted by molar-refractivity contribution is 0.0946. The van der Waals surface area contributed by atoms with Gasteiger partial charge in [0.25, 0.3) is 5.91 Å². The summed E-state index contributed by atoms with van der Waals surface area (Å²) in [6, 6.07) is 4.10. The van der Waals surface area contributed by atoms with E-state index in [1.54, 1.807) is 0 Å². The summed E-state index contributed by atoms with van der Waals surface area (Å²) in [7, 11) is 0. The number of aromatic nitrogens is 1. The molecule has 0 atom stereocenters. The van der Waals surface area contributed by atoms with Crippen LogP contribution in [0.4, 0.5) is 4.39 Å². The van der Waals surface area contributed by atoms with Gasteiger partial charge in [0.15, 0.2) is 0 Å². The Kier molecular flexibility index (Phi) is 5.42. The number of hydrogen-bond donors (Lipinski definition) is 2. The van der Waals surface area contributed by atoms with E-state index in [9.17, 15) is 9.18 Å². The molecule has 5 heteroatoms. The van der Waals surface area contributed by atoms with Gasteiger partial charge in [-0.2, -0.15) is 4.39 Å². The predicted molar refractivity (Wildman–Crippen MR) is 57.5 cm³/mol. The number of aliphatic hydroxyl groups is 1. The van der Waals surface area contributed by atoms with E-state index in [2.05, 4.69) is 10.3 Å². The fraction of sp³-hybridized carbons (Fsp3) is 0.455. The van der Waals surface area contributed by atoms with Gasteiger partial charge in [-0.3, -0.25) is 4.79 Å². The van der Waals surface area contributed by atoms with Gasteiger partial charge in [-0.15, -0.1) is 0 Å². The Balaban J connectivity index is 2.30. The van der Waals surface area contributed by atoms with Gasteiger partial charge < -0.3 is 10.4 Å². The molecule has 0 radical (unpaired) electrons. The second-order valence-electron chi connectivity index (χ2n) is 3.39. The first kappa shape index (κ1) is 12.6. The van der Waals surface area contributed by atoms with E-state index in [0.717, 1.165) is 19.3 Å². The number of pyridine rings is 1. The van der Waals surface area contributed by atoms with Crippen molar-refractivity contribution in [1.82, 2.24) is 10.3 Å². The lowest BCUT2D eigenvalue weighted by atomic mass is 10.2. The number of aliphatic hydroxyl groups excluding tert-OH is 1. The van der Waals surface area contributed by atoms with Gasteiger partial charge in [0.05, 0.1) is 0 Å². The zero-order valence-electron chi connectivity index (χ0n) is 8.95. The molecule has 0 aromatic carbocycles. The van der Waals surface area contributed by atoms with Gasteiger partial charge in [0, 0.05) is 13.2 Å². The van der Waals surface area contributed by atoms with Gasteiger partial charge in [0.2, 0.25) is 5.95 Å². The first-order valence-electron chi connectivity index (χ1n) is 5.25. The number of nitrogens with one attached hydrogen (secondary N) is 1. The van der Waals surface area contributed by atoms with Gasteiger partial charge in [-0.25, -0.2) is 4.98 Å². The van der Waals surface area contributed by atoms with Crippen molar-refractivity contribution in [2.24, 2.45) is 0 Å². The smallest absolute Gasteiger partial charge is 0.269 e. The summed E-state index contributed by atoms with van der Waals surface area (Å²) in [5.74, 6) is -1.03. The average Bonchev–Trinajstić information content (AvgIpc) is 2.28. The third-order valence-corrected chi connectivity index (χ3v) is 2.07. The summed E-state index contributed by atoms with van der Waals surface area (Å²) in [6.45, 7) is 0.677. The predicted octanol–water partition coefficient (Wildman–Crippen LogP) is 1.11. The van der Waals surface area contributed by atoms with Crippen molar-refractivity contribution in [2.75, 3.05) is 13.2 Å². The van der Waals surface area contributed by atoms with E-state index in [0.29, 0.717) is 6.54 Å². The highest BCUT2D eigenvalue weighted by molar-refractivity contribution is 5.92. The van der Waals surface area contributed by atoms with Crippen molar-refractivity contribution in [3.05, 3.63) is 29.8 Å². The van der Waals surface area contributed by atoms with Gasteiger partial charge >= 0.3 is 0 Å². The standard InChI is InChI=1S/C11H15FN2O2/c12-10-6-4-5-9(14-10)11(16)13-7-2-1-3-8-15/h4-6,15H,1-3,7-8H2,(H,13,16). The second kappa shape index (κ2) is 6.90. The van der Waals surface area contributed by atoms with Crippen molar-refractivity contribution in [2.45, 2.75) is 19.3 Å². The minimum absolute atomic E-state index is 0.0853. The molecule has 1 heterocycles. The summed E-state index contributed by atoms with van der Waals surface area (Å²) in [4.78, 5) is 14.9. The van der Waals surface area contributed by atoms with Gasteiger partial charge in [-0.1, -0.05) is 6.07 Å². The van der Waals surface area contributed by atoms with Gasteiger partial charge in [0.1, 0.15) is 5.69 Å². The lowest BCUT2D eigenvalue weighted by Crippen LogP contribution is -2.25. The number of hydrogen-bond acceptors (Lipinski definition) is 3. The van der Waals surface area contributed by atoms with Crippen molar-refractivity contribution in [3.63, 3.8) is 0 Å². The van der Waals surface area contributed by atoms with E-state index in [-0.39, 0.29) is 18.2 Å². The number of nitrogens with zero attached hydrogens (tertiary/aromatic N) is 1. The average molecular weight is 226 g/mol. The molecule has 0 aliphatic rings. The van der Waals surface area contributed by atoms with Crippen molar-refractivity contribution >= 4 is 5.91 Å². The fourth-order valence-electron chi connectivity index (χ4n) is 1.24. The maximum atomic E-state index is 12.7. The molecule has 2 N–H and O–H groups in total. The molecular weight excluding hydrogens is 211 g/mol. The van der Waals surface area contributed by atoms with E-state index in [1.807, 2.05) is 0 Å². The van der Waals surface area contributed by atoms with Crippen LogP contribution in [0, 0.1) is 5.95 Å².